The Bertz CT molecular complexity index is 1420. The predicted molar refractivity (Wildman–Crippen MR) is 122 cm³/mol. The van der Waals surface area contributed by atoms with E-state index in [-0.39, 0.29) is 16.8 Å². The van der Waals surface area contributed by atoms with Gasteiger partial charge < -0.3 is 13.9 Å². The number of fused-ring (bicyclic) bond motifs is 1. The molecule has 0 aliphatic carbocycles. The minimum atomic E-state index is -0.742. The molecule has 0 fully saturated rings. The number of rotatable bonds is 7. The van der Waals surface area contributed by atoms with Crippen molar-refractivity contribution in [2.75, 3.05) is 7.11 Å². The van der Waals surface area contributed by atoms with E-state index in [2.05, 4.69) is 0 Å². The maximum atomic E-state index is 12.6. The minimum Gasteiger partial charge on any atom is -0.493 e. The zero-order chi connectivity index (χ0) is 23.4. The molecule has 8 nitrogen and oxygen atoms in total. The molecule has 0 bridgehead atoms. The van der Waals surface area contributed by atoms with Gasteiger partial charge in [-0.1, -0.05) is 30.3 Å². The second kappa shape index (κ2) is 9.19. The Morgan fingerprint density at radius 3 is 2.30 bits per heavy atom. The molecule has 164 valence electrons. The lowest BCUT2D eigenvalue weighted by atomic mass is 10.1. The van der Waals surface area contributed by atoms with Crippen LogP contribution in [0.5, 0.6) is 17.2 Å². The number of para-hydroxylation sites is 1. The Morgan fingerprint density at radius 2 is 1.67 bits per heavy atom. The van der Waals surface area contributed by atoms with Crippen LogP contribution in [-0.2, 0) is 0 Å². The van der Waals surface area contributed by atoms with E-state index in [9.17, 15) is 19.7 Å². The highest BCUT2D eigenvalue weighted by Gasteiger charge is 2.13. The van der Waals surface area contributed by atoms with Crippen LogP contribution in [0.15, 0.2) is 88.1 Å². The van der Waals surface area contributed by atoms with Crippen LogP contribution in [0.4, 0.5) is 5.69 Å². The highest BCUT2D eigenvalue weighted by atomic mass is 16.6. The normalized spacial score (nSPS) is 10.9. The maximum absolute atomic E-state index is 12.6. The lowest BCUT2D eigenvalue weighted by molar-refractivity contribution is -0.384. The molecule has 0 aliphatic heterocycles. The van der Waals surface area contributed by atoms with Gasteiger partial charge in [-0.25, -0.2) is 4.79 Å². The Morgan fingerprint density at radius 1 is 1.00 bits per heavy atom. The maximum Gasteiger partial charge on any atom is 0.347 e. The van der Waals surface area contributed by atoms with Gasteiger partial charge in [-0.2, -0.15) is 0 Å². The number of methoxy groups -OCH3 is 1. The molecule has 8 heteroatoms. The molecule has 3 aromatic carbocycles. The van der Waals surface area contributed by atoms with Gasteiger partial charge in [0.05, 0.1) is 12.0 Å². The summed E-state index contributed by atoms with van der Waals surface area (Å²) in [7, 11) is 1.47. The summed E-state index contributed by atoms with van der Waals surface area (Å²) in [6, 6.07) is 19.2. The van der Waals surface area contributed by atoms with Gasteiger partial charge in [-0.15, -0.1) is 0 Å². The van der Waals surface area contributed by atoms with Gasteiger partial charge in [0.2, 0.25) is 0 Å². The molecule has 0 N–H and O–H groups in total. The number of non-ortho nitro benzene ring substituents is 1. The molecule has 1 aromatic heterocycles. The van der Waals surface area contributed by atoms with Crippen molar-refractivity contribution in [1.29, 1.82) is 0 Å². The lowest BCUT2D eigenvalue weighted by Crippen LogP contribution is -2.12. The summed E-state index contributed by atoms with van der Waals surface area (Å²) in [4.78, 5) is 35.1. The molecule has 4 aromatic rings. The molecule has 0 radical (unpaired) electrons. The highest BCUT2D eigenvalue weighted by Crippen LogP contribution is 2.26. The Hall–Kier alpha value is -4.72. The second-order valence-corrected chi connectivity index (χ2v) is 6.95. The monoisotopic (exact) mass is 443 g/mol. The van der Waals surface area contributed by atoms with Crippen molar-refractivity contribution in [3.63, 3.8) is 0 Å². The highest BCUT2D eigenvalue weighted by molar-refractivity contribution is 6.08. The van der Waals surface area contributed by atoms with Crippen molar-refractivity contribution in [2.45, 2.75) is 0 Å². The molecule has 4 rings (SSSR count). The van der Waals surface area contributed by atoms with Crippen molar-refractivity contribution in [3.05, 3.63) is 111 Å². The fourth-order valence-electron chi connectivity index (χ4n) is 3.13. The quantitative estimate of drug-likeness (QED) is 0.124. The van der Waals surface area contributed by atoms with Gasteiger partial charge in [0.25, 0.3) is 5.69 Å². The average Bonchev–Trinajstić information content (AvgIpc) is 2.83. The van der Waals surface area contributed by atoms with E-state index in [1.807, 2.05) is 0 Å². The van der Waals surface area contributed by atoms with E-state index < -0.39 is 16.3 Å². The van der Waals surface area contributed by atoms with Gasteiger partial charge in [0.1, 0.15) is 17.1 Å². The number of nitro groups is 1. The number of hydrogen-bond acceptors (Lipinski definition) is 7. The van der Waals surface area contributed by atoms with Crippen LogP contribution >= 0.6 is 0 Å². The van der Waals surface area contributed by atoms with Gasteiger partial charge in [-0.05, 0) is 48.0 Å². The first-order valence-corrected chi connectivity index (χ1v) is 9.80. The van der Waals surface area contributed by atoms with Crippen LogP contribution in [-0.4, -0.2) is 17.8 Å². The first-order chi connectivity index (χ1) is 15.9. The molecule has 33 heavy (non-hydrogen) atoms. The SMILES string of the molecule is COc1cccc2cc(C(=O)/C=C/c3ccc(Oc4ccc([N+](=O)[O-])cc4)cc3)c(=O)oc12. The molecule has 0 atom stereocenters. The number of carbonyl (C=O) groups is 1. The van der Waals surface area contributed by atoms with Crippen LogP contribution in [0.2, 0.25) is 0 Å². The van der Waals surface area contributed by atoms with Gasteiger partial charge in [0, 0.05) is 17.5 Å². The third-order valence-corrected chi connectivity index (χ3v) is 4.80. The van der Waals surface area contributed by atoms with E-state index in [0.717, 1.165) is 0 Å². The zero-order valence-electron chi connectivity index (χ0n) is 17.4. The molecule has 0 amide bonds. The summed E-state index contributed by atoms with van der Waals surface area (Å²) in [6.45, 7) is 0. The van der Waals surface area contributed by atoms with Crippen LogP contribution in [0, 0.1) is 10.1 Å². The molecule has 0 saturated heterocycles. The Labute approximate surface area is 187 Å². The van der Waals surface area contributed by atoms with Gasteiger partial charge in [0.15, 0.2) is 17.1 Å². The van der Waals surface area contributed by atoms with Crippen LogP contribution in [0.3, 0.4) is 0 Å². The number of nitrogens with zero attached hydrogens (tertiary/aromatic N) is 1. The van der Waals surface area contributed by atoms with E-state index in [4.69, 9.17) is 13.9 Å². The fraction of sp³-hybridized carbons (Fsp3) is 0.0400. The largest absolute Gasteiger partial charge is 0.493 e. The third kappa shape index (κ3) is 4.80. The van der Waals surface area contributed by atoms with E-state index >= 15 is 0 Å². The fourth-order valence-corrected chi connectivity index (χ4v) is 3.13. The van der Waals surface area contributed by atoms with Crippen molar-refractivity contribution >= 4 is 28.5 Å². The standard InChI is InChI=1S/C25H17NO7/c1-31-23-4-2-3-17-15-21(25(28)33-24(17)23)22(27)14-7-16-5-10-19(11-6-16)32-20-12-8-18(9-13-20)26(29)30/h2-15H,1H3/b14-7+. The van der Waals surface area contributed by atoms with Crippen molar-refractivity contribution < 1.29 is 23.6 Å². The summed E-state index contributed by atoms with van der Waals surface area (Å²) in [5.41, 5.74) is 0.158. The molecule has 0 aliphatic rings. The summed E-state index contributed by atoms with van der Waals surface area (Å²) in [5.74, 6) is 0.907. The lowest BCUT2D eigenvalue weighted by Gasteiger charge is -2.05. The summed E-state index contributed by atoms with van der Waals surface area (Å²) in [6.07, 6.45) is 2.87. The number of benzene rings is 3. The average molecular weight is 443 g/mol. The first-order valence-electron chi connectivity index (χ1n) is 9.80. The number of carbonyl (C=O) groups excluding carboxylic acids is 1. The van der Waals surface area contributed by atoms with Crippen molar-refractivity contribution in [2.24, 2.45) is 0 Å². The Balaban J connectivity index is 1.48. The van der Waals surface area contributed by atoms with Crippen molar-refractivity contribution in [3.8, 4) is 17.2 Å². The second-order valence-electron chi connectivity index (χ2n) is 6.95. The smallest absolute Gasteiger partial charge is 0.347 e. The minimum absolute atomic E-state index is 0.0212. The molecule has 0 spiro atoms. The topological polar surface area (TPSA) is 109 Å². The van der Waals surface area contributed by atoms with E-state index in [1.165, 1.54) is 43.5 Å². The third-order valence-electron chi connectivity index (χ3n) is 4.80. The Kier molecular flexibility index (Phi) is 5.99. The number of nitro benzene ring substituents is 1. The molecule has 1 heterocycles. The summed E-state index contributed by atoms with van der Waals surface area (Å²) < 4.78 is 16.1. The molecule has 0 saturated carbocycles. The van der Waals surface area contributed by atoms with E-state index in [1.54, 1.807) is 48.5 Å². The number of ether oxygens (including phenoxy) is 2. The number of hydrogen-bond donors (Lipinski definition) is 0. The molecule has 0 unspecified atom stereocenters. The summed E-state index contributed by atoms with van der Waals surface area (Å²) >= 11 is 0. The first kappa shape index (κ1) is 21.5. The van der Waals surface area contributed by atoms with Crippen LogP contribution in [0.25, 0.3) is 17.0 Å². The molecular formula is C25H17NO7. The van der Waals surface area contributed by atoms with Crippen molar-refractivity contribution in [1.82, 2.24) is 0 Å². The van der Waals surface area contributed by atoms with Gasteiger partial charge in [-0.3, -0.25) is 14.9 Å². The number of ketones is 1. The predicted octanol–water partition coefficient (Wildman–Crippen LogP) is 5.40. The molecular weight excluding hydrogens is 426 g/mol. The zero-order valence-corrected chi connectivity index (χ0v) is 17.4. The summed E-state index contributed by atoms with van der Waals surface area (Å²) in [5, 5.41) is 11.3. The van der Waals surface area contributed by atoms with E-state index in [0.29, 0.717) is 28.2 Å². The number of allylic oxidation sites excluding steroid dienone is 1. The van der Waals surface area contributed by atoms with Crippen LogP contribution in [0.1, 0.15) is 15.9 Å². The van der Waals surface area contributed by atoms with Crippen LogP contribution < -0.4 is 15.1 Å². The van der Waals surface area contributed by atoms with Gasteiger partial charge >= 0.3 is 5.63 Å².